The Morgan fingerprint density at radius 3 is 3.33 bits per heavy atom. The summed E-state index contributed by atoms with van der Waals surface area (Å²) in [6.45, 7) is 1.97. The molecule has 0 radical (unpaired) electrons. The first kappa shape index (κ1) is 4.61. The molecule has 2 heterocycles. The van der Waals surface area contributed by atoms with E-state index in [1.54, 1.807) is 0 Å². The molecule has 46 valence electrons. The third-order valence-corrected chi connectivity index (χ3v) is 1.26. The van der Waals surface area contributed by atoms with Crippen molar-refractivity contribution in [1.29, 1.82) is 0 Å². The van der Waals surface area contributed by atoms with Crippen molar-refractivity contribution in [2.45, 2.75) is 6.92 Å². The van der Waals surface area contributed by atoms with Crippen LogP contribution in [-0.2, 0) is 0 Å². The maximum Gasteiger partial charge on any atom is 0.183 e. The lowest BCUT2D eigenvalue weighted by molar-refractivity contribution is 0.602. The number of oxazole rings is 1. The molecule has 0 atom stereocenters. The highest BCUT2D eigenvalue weighted by atomic mass is 16.3. The molecule has 0 aromatic carbocycles. The van der Waals surface area contributed by atoms with Gasteiger partial charge in [0.15, 0.2) is 17.6 Å². The summed E-state index contributed by atoms with van der Waals surface area (Å²) in [6, 6.07) is 1.92. The van der Waals surface area contributed by atoms with Crippen LogP contribution in [0.3, 0.4) is 0 Å². The van der Waals surface area contributed by atoms with Gasteiger partial charge in [0.25, 0.3) is 0 Å². The zero-order chi connectivity index (χ0) is 6.27. The van der Waals surface area contributed by atoms with E-state index >= 15 is 0 Å². The Hall–Kier alpha value is -1.25. The van der Waals surface area contributed by atoms with Crippen molar-refractivity contribution in [3.63, 3.8) is 0 Å². The molecule has 2 aromatic heterocycles. The van der Waals surface area contributed by atoms with E-state index in [-0.39, 0.29) is 0 Å². The molecule has 0 amide bonds. The molecule has 0 unspecified atom stereocenters. The number of hydrogen-bond donors (Lipinski definition) is 1. The van der Waals surface area contributed by atoms with Crippen molar-refractivity contribution in [1.82, 2.24) is 9.97 Å². The maximum absolute atomic E-state index is 5.00. The number of nitrogens with zero attached hydrogens (tertiary/aromatic N) is 1. The Morgan fingerprint density at radius 1 is 1.67 bits per heavy atom. The van der Waals surface area contributed by atoms with E-state index in [2.05, 4.69) is 9.97 Å². The van der Waals surface area contributed by atoms with Gasteiger partial charge in [0, 0.05) is 11.8 Å². The molecular formula is C6H6N2O. The molecule has 0 aliphatic rings. The van der Waals surface area contributed by atoms with E-state index < -0.39 is 0 Å². The van der Waals surface area contributed by atoms with E-state index in [9.17, 15) is 0 Å². The molecule has 1 N–H and O–H groups in total. The summed E-state index contributed by atoms with van der Waals surface area (Å²) in [7, 11) is 0. The summed E-state index contributed by atoms with van der Waals surface area (Å²) >= 11 is 0. The summed E-state index contributed by atoms with van der Waals surface area (Å²) < 4.78 is 5.00. The second-order valence-corrected chi connectivity index (χ2v) is 2.02. The summed E-state index contributed by atoms with van der Waals surface area (Å²) in [5.41, 5.74) is 2.73. The van der Waals surface area contributed by atoms with Crippen molar-refractivity contribution in [2.75, 3.05) is 0 Å². The molecule has 0 saturated heterocycles. The van der Waals surface area contributed by atoms with Gasteiger partial charge in [0.2, 0.25) is 0 Å². The SMILES string of the molecule is Cc1cc2ocnc2[nH]1. The van der Waals surface area contributed by atoms with Crippen molar-refractivity contribution in [3.8, 4) is 0 Å². The van der Waals surface area contributed by atoms with Gasteiger partial charge in [0.05, 0.1) is 0 Å². The van der Waals surface area contributed by atoms with E-state index in [1.165, 1.54) is 6.39 Å². The highest BCUT2D eigenvalue weighted by Crippen LogP contribution is 2.11. The Bertz CT molecular complexity index is 292. The Morgan fingerprint density at radius 2 is 2.56 bits per heavy atom. The van der Waals surface area contributed by atoms with Gasteiger partial charge in [-0.1, -0.05) is 0 Å². The van der Waals surface area contributed by atoms with Crippen LogP contribution in [0.1, 0.15) is 5.69 Å². The largest absolute Gasteiger partial charge is 0.442 e. The average molecular weight is 122 g/mol. The monoisotopic (exact) mass is 122 g/mol. The van der Waals surface area contributed by atoms with Crippen LogP contribution in [-0.4, -0.2) is 9.97 Å². The lowest BCUT2D eigenvalue weighted by Crippen LogP contribution is -1.66. The molecule has 9 heavy (non-hydrogen) atoms. The van der Waals surface area contributed by atoms with Crippen molar-refractivity contribution < 1.29 is 4.42 Å². The third kappa shape index (κ3) is 0.543. The van der Waals surface area contributed by atoms with Gasteiger partial charge in [-0.15, -0.1) is 0 Å². The second kappa shape index (κ2) is 1.37. The van der Waals surface area contributed by atoms with Gasteiger partial charge in [-0.25, -0.2) is 0 Å². The number of fused-ring (bicyclic) bond motifs is 1. The van der Waals surface area contributed by atoms with Gasteiger partial charge in [-0.3, -0.25) is 0 Å². The molecule has 2 rings (SSSR count). The van der Waals surface area contributed by atoms with Crippen LogP contribution in [0.4, 0.5) is 0 Å². The number of hydrogen-bond acceptors (Lipinski definition) is 2. The summed E-state index contributed by atoms with van der Waals surface area (Å²) in [5.74, 6) is 0. The summed E-state index contributed by atoms with van der Waals surface area (Å²) in [6.07, 6.45) is 1.43. The van der Waals surface area contributed by atoms with Crippen LogP contribution in [0.5, 0.6) is 0 Å². The molecule has 0 aliphatic carbocycles. The van der Waals surface area contributed by atoms with Gasteiger partial charge in [0.1, 0.15) is 0 Å². The van der Waals surface area contributed by atoms with Crippen LogP contribution in [0.25, 0.3) is 11.2 Å². The van der Waals surface area contributed by atoms with Gasteiger partial charge < -0.3 is 9.40 Å². The number of rotatable bonds is 0. The predicted molar refractivity (Wildman–Crippen MR) is 33.1 cm³/mol. The minimum Gasteiger partial charge on any atom is -0.442 e. The molecular weight excluding hydrogens is 116 g/mol. The molecule has 3 nitrogen and oxygen atoms in total. The minimum absolute atomic E-state index is 0.826. The van der Waals surface area contributed by atoms with Crippen LogP contribution in [0.2, 0.25) is 0 Å². The first-order chi connectivity index (χ1) is 4.36. The molecule has 0 bridgehead atoms. The fourth-order valence-corrected chi connectivity index (χ4v) is 0.871. The lowest BCUT2D eigenvalue weighted by atomic mass is 10.5. The fourth-order valence-electron chi connectivity index (χ4n) is 0.871. The van der Waals surface area contributed by atoms with Gasteiger partial charge in [-0.05, 0) is 6.92 Å². The molecule has 0 spiro atoms. The van der Waals surface area contributed by atoms with Crippen LogP contribution >= 0.6 is 0 Å². The van der Waals surface area contributed by atoms with E-state index in [0.29, 0.717) is 0 Å². The Labute approximate surface area is 51.7 Å². The highest BCUT2D eigenvalue weighted by Gasteiger charge is 1.98. The van der Waals surface area contributed by atoms with Crippen LogP contribution in [0, 0.1) is 6.92 Å². The van der Waals surface area contributed by atoms with Gasteiger partial charge >= 0.3 is 0 Å². The number of aromatic nitrogens is 2. The van der Waals surface area contributed by atoms with E-state index in [4.69, 9.17) is 4.42 Å². The third-order valence-electron chi connectivity index (χ3n) is 1.26. The normalized spacial score (nSPS) is 10.8. The summed E-state index contributed by atoms with van der Waals surface area (Å²) in [4.78, 5) is 6.95. The number of H-pyrrole nitrogens is 1. The number of aryl methyl sites for hydroxylation is 1. The van der Waals surface area contributed by atoms with E-state index in [0.717, 1.165) is 16.9 Å². The zero-order valence-electron chi connectivity index (χ0n) is 5.01. The van der Waals surface area contributed by atoms with Gasteiger partial charge in [-0.2, -0.15) is 4.98 Å². The maximum atomic E-state index is 5.00. The first-order valence-corrected chi connectivity index (χ1v) is 2.75. The van der Waals surface area contributed by atoms with Crippen molar-refractivity contribution in [3.05, 3.63) is 18.2 Å². The zero-order valence-corrected chi connectivity index (χ0v) is 5.01. The average Bonchev–Trinajstić information content (AvgIpc) is 2.22. The molecule has 0 fully saturated rings. The van der Waals surface area contributed by atoms with Crippen LogP contribution in [0.15, 0.2) is 16.9 Å². The van der Waals surface area contributed by atoms with Crippen molar-refractivity contribution >= 4 is 11.2 Å². The summed E-state index contributed by atoms with van der Waals surface area (Å²) in [5, 5.41) is 0. The lowest BCUT2D eigenvalue weighted by Gasteiger charge is -1.73. The smallest absolute Gasteiger partial charge is 0.183 e. The van der Waals surface area contributed by atoms with E-state index in [1.807, 2.05) is 13.0 Å². The fraction of sp³-hybridized carbons (Fsp3) is 0.167. The Balaban J connectivity index is 2.92. The van der Waals surface area contributed by atoms with Crippen molar-refractivity contribution in [2.24, 2.45) is 0 Å². The molecule has 3 heteroatoms. The second-order valence-electron chi connectivity index (χ2n) is 2.02. The number of nitrogens with one attached hydrogen (secondary N) is 1. The highest BCUT2D eigenvalue weighted by molar-refractivity contribution is 5.68. The molecule has 0 aliphatic heterocycles. The molecule has 2 aromatic rings. The Kier molecular flexibility index (Phi) is 0.704. The quantitative estimate of drug-likeness (QED) is 0.574. The minimum atomic E-state index is 0.826. The standard InChI is InChI=1S/C6H6N2O/c1-4-2-5-6(8-4)7-3-9-5/h2-3,8H,1H3. The topological polar surface area (TPSA) is 41.8 Å². The number of aromatic amines is 1. The molecule has 0 saturated carbocycles. The predicted octanol–water partition coefficient (Wildman–Crippen LogP) is 1.46. The van der Waals surface area contributed by atoms with Crippen LogP contribution < -0.4 is 0 Å². The first-order valence-electron chi connectivity index (χ1n) is 2.75.